The molecule has 0 aromatic carbocycles. The van der Waals surface area contributed by atoms with Crippen LogP contribution in [-0.2, 0) is 4.74 Å². The molecule has 0 saturated heterocycles. The molecule has 18 heavy (non-hydrogen) atoms. The van der Waals surface area contributed by atoms with Gasteiger partial charge in [0.1, 0.15) is 0 Å². The Labute approximate surface area is 117 Å². The summed E-state index contributed by atoms with van der Waals surface area (Å²) in [4.78, 5) is 16.4. The molecule has 4 nitrogen and oxygen atoms in total. The fraction of sp³-hybridized carbons (Fsp3) is 0.273. The zero-order chi connectivity index (χ0) is 13.3. The van der Waals surface area contributed by atoms with Gasteiger partial charge in [0.25, 0.3) is 0 Å². The molecule has 2 heterocycles. The third-order valence-electron chi connectivity index (χ3n) is 2.31. The summed E-state index contributed by atoms with van der Waals surface area (Å²) < 4.78 is 9.84. The van der Waals surface area contributed by atoms with Gasteiger partial charge in [-0.25, -0.2) is 9.78 Å². The summed E-state index contributed by atoms with van der Waals surface area (Å²) >= 11 is 8.87. The van der Waals surface area contributed by atoms with Gasteiger partial charge in [-0.3, -0.25) is 0 Å². The van der Waals surface area contributed by atoms with Gasteiger partial charge in [-0.2, -0.15) is 0 Å². The van der Waals surface area contributed by atoms with E-state index < -0.39 is 5.97 Å². The highest BCUT2D eigenvalue weighted by Crippen LogP contribution is 2.44. The lowest BCUT2D eigenvalue weighted by Crippen LogP contribution is -1.99. The monoisotopic (exact) mass is 303 g/mol. The minimum absolute atomic E-state index is 0.314. The molecule has 0 atom stereocenters. The summed E-state index contributed by atoms with van der Waals surface area (Å²) in [7, 11) is 2.93. The number of rotatable bonds is 3. The quantitative estimate of drug-likeness (QED) is 0.812. The van der Waals surface area contributed by atoms with Crippen LogP contribution in [0.2, 0.25) is 5.02 Å². The Morgan fingerprint density at radius 3 is 2.72 bits per heavy atom. The Morgan fingerprint density at radius 2 is 2.17 bits per heavy atom. The van der Waals surface area contributed by atoms with Crippen LogP contribution in [0.4, 0.5) is 0 Å². The maximum absolute atomic E-state index is 11.3. The lowest BCUT2D eigenvalue weighted by atomic mass is 10.3. The number of carbonyl (C=O) groups excluding carboxylic acids is 1. The molecule has 0 aliphatic carbocycles. The maximum atomic E-state index is 11.3. The van der Waals surface area contributed by atoms with Crippen molar-refractivity contribution >= 4 is 40.2 Å². The van der Waals surface area contributed by atoms with Crippen LogP contribution < -0.4 is 4.74 Å². The van der Waals surface area contributed by atoms with Crippen molar-refractivity contribution in [1.82, 2.24) is 4.98 Å². The average molecular weight is 304 g/mol. The minimum Gasteiger partial charge on any atom is -0.487 e. The van der Waals surface area contributed by atoms with Crippen molar-refractivity contribution in [3.8, 4) is 15.6 Å². The molecule has 96 valence electrons. The van der Waals surface area contributed by atoms with Gasteiger partial charge in [0, 0.05) is 10.9 Å². The predicted octanol–water partition coefficient (Wildman–Crippen LogP) is 3.63. The van der Waals surface area contributed by atoms with Crippen molar-refractivity contribution in [3.63, 3.8) is 0 Å². The number of thiazole rings is 1. The van der Waals surface area contributed by atoms with Crippen LogP contribution in [0.1, 0.15) is 15.4 Å². The first-order chi connectivity index (χ1) is 8.58. The second-order valence-corrected chi connectivity index (χ2v) is 5.61. The Kier molecular flexibility index (Phi) is 3.89. The highest BCUT2D eigenvalue weighted by Gasteiger charge is 2.19. The molecule has 0 N–H and O–H groups in total. The van der Waals surface area contributed by atoms with E-state index in [1.165, 1.54) is 29.8 Å². The molecule has 0 fully saturated rings. The molecule has 0 bridgehead atoms. The zero-order valence-corrected chi connectivity index (χ0v) is 12.3. The first-order valence-corrected chi connectivity index (χ1v) is 7.03. The molecule has 0 saturated carbocycles. The van der Waals surface area contributed by atoms with Crippen LogP contribution in [0.3, 0.4) is 0 Å². The van der Waals surface area contributed by atoms with Crippen molar-refractivity contribution in [2.75, 3.05) is 14.2 Å². The highest BCUT2D eigenvalue weighted by atomic mass is 35.5. The SMILES string of the molecule is COC(=O)c1nc(-c2sc(OC)c(C)c2Cl)cs1. The minimum atomic E-state index is -0.442. The van der Waals surface area contributed by atoms with E-state index in [1.54, 1.807) is 12.5 Å². The molecule has 0 aliphatic heterocycles. The summed E-state index contributed by atoms with van der Waals surface area (Å²) in [6.07, 6.45) is 0. The average Bonchev–Trinajstić information content (AvgIpc) is 2.96. The van der Waals surface area contributed by atoms with E-state index in [4.69, 9.17) is 16.3 Å². The normalized spacial score (nSPS) is 10.4. The maximum Gasteiger partial charge on any atom is 0.367 e. The largest absolute Gasteiger partial charge is 0.487 e. The molecular weight excluding hydrogens is 294 g/mol. The zero-order valence-electron chi connectivity index (χ0n) is 9.94. The first-order valence-electron chi connectivity index (χ1n) is 4.95. The van der Waals surface area contributed by atoms with E-state index in [-0.39, 0.29) is 0 Å². The Bertz CT molecular complexity index is 591. The summed E-state index contributed by atoms with van der Waals surface area (Å²) in [6, 6.07) is 0. The van der Waals surface area contributed by atoms with E-state index in [9.17, 15) is 4.79 Å². The Morgan fingerprint density at radius 1 is 1.44 bits per heavy atom. The summed E-state index contributed by atoms with van der Waals surface area (Å²) in [5, 5.41) is 3.46. The second kappa shape index (κ2) is 5.26. The predicted molar refractivity (Wildman–Crippen MR) is 73.1 cm³/mol. The number of esters is 1. The van der Waals surface area contributed by atoms with E-state index in [1.807, 2.05) is 6.92 Å². The fourth-order valence-electron chi connectivity index (χ4n) is 1.39. The molecule has 7 heteroatoms. The summed E-state index contributed by atoms with van der Waals surface area (Å²) in [6.45, 7) is 1.88. The van der Waals surface area contributed by atoms with Crippen molar-refractivity contribution in [3.05, 3.63) is 21.0 Å². The number of hydrogen-bond donors (Lipinski definition) is 0. The van der Waals surface area contributed by atoms with Crippen LogP contribution in [0, 0.1) is 6.92 Å². The molecule has 0 unspecified atom stereocenters. The second-order valence-electron chi connectivity index (χ2n) is 3.39. The van der Waals surface area contributed by atoms with Gasteiger partial charge in [-0.15, -0.1) is 11.3 Å². The van der Waals surface area contributed by atoms with Gasteiger partial charge in [0.05, 0.1) is 29.8 Å². The fourth-order valence-corrected chi connectivity index (χ4v) is 3.52. The molecule has 2 aromatic rings. The Balaban J connectivity index is 2.43. The lowest BCUT2D eigenvalue weighted by Gasteiger charge is -1.93. The van der Waals surface area contributed by atoms with Gasteiger partial charge in [0.2, 0.25) is 5.01 Å². The van der Waals surface area contributed by atoms with E-state index in [2.05, 4.69) is 9.72 Å². The van der Waals surface area contributed by atoms with Gasteiger partial charge in [-0.05, 0) is 6.92 Å². The highest BCUT2D eigenvalue weighted by molar-refractivity contribution is 7.18. The number of aromatic nitrogens is 1. The van der Waals surface area contributed by atoms with Crippen molar-refractivity contribution < 1.29 is 14.3 Å². The standard InChI is InChI=1S/C11H10ClNO3S2/c1-5-7(12)8(18-11(5)16-3)6-4-17-9(13-6)10(14)15-2/h4H,1-3H3. The van der Waals surface area contributed by atoms with Crippen molar-refractivity contribution in [1.29, 1.82) is 0 Å². The summed E-state index contributed by atoms with van der Waals surface area (Å²) in [5.74, 6) is -0.442. The smallest absolute Gasteiger partial charge is 0.367 e. The van der Waals surface area contributed by atoms with Crippen LogP contribution in [0.5, 0.6) is 5.06 Å². The number of thiophene rings is 1. The third-order valence-corrected chi connectivity index (χ3v) is 4.99. The molecule has 2 rings (SSSR count). The molecular formula is C11H10ClNO3S2. The number of hydrogen-bond acceptors (Lipinski definition) is 6. The number of halogens is 1. The molecule has 2 aromatic heterocycles. The van der Waals surface area contributed by atoms with E-state index in [0.29, 0.717) is 15.7 Å². The first kappa shape index (κ1) is 13.3. The van der Waals surface area contributed by atoms with Gasteiger partial charge in [-0.1, -0.05) is 22.9 Å². The topological polar surface area (TPSA) is 48.4 Å². The van der Waals surface area contributed by atoms with Gasteiger partial charge >= 0.3 is 5.97 Å². The molecule has 0 spiro atoms. The van der Waals surface area contributed by atoms with E-state index in [0.717, 1.165) is 15.5 Å². The molecule has 0 amide bonds. The molecule has 0 radical (unpaired) electrons. The third kappa shape index (κ3) is 2.23. The Hall–Kier alpha value is -1.11. The van der Waals surface area contributed by atoms with E-state index >= 15 is 0 Å². The number of nitrogens with zero attached hydrogens (tertiary/aromatic N) is 1. The van der Waals surface area contributed by atoms with Crippen LogP contribution in [0.15, 0.2) is 5.38 Å². The van der Waals surface area contributed by atoms with Crippen LogP contribution >= 0.6 is 34.3 Å². The van der Waals surface area contributed by atoms with Crippen LogP contribution in [-0.4, -0.2) is 25.2 Å². The molecule has 0 aliphatic rings. The van der Waals surface area contributed by atoms with Gasteiger partial charge < -0.3 is 9.47 Å². The van der Waals surface area contributed by atoms with Crippen LogP contribution in [0.25, 0.3) is 10.6 Å². The summed E-state index contributed by atoms with van der Waals surface area (Å²) in [5.41, 5.74) is 1.55. The number of carbonyl (C=O) groups is 1. The van der Waals surface area contributed by atoms with Crippen molar-refractivity contribution in [2.45, 2.75) is 6.92 Å². The van der Waals surface area contributed by atoms with Crippen molar-refractivity contribution in [2.24, 2.45) is 0 Å². The number of ether oxygens (including phenoxy) is 2. The lowest BCUT2D eigenvalue weighted by molar-refractivity contribution is 0.0600. The van der Waals surface area contributed by atoms with Gasteiger partial charge in [0.15, 0.2) is 5.06 Å². The number of methoxy groups -OCH3 is 2.